The molecular weight excluding hydrogens is 294 g/mol. The van der Waals surface area contributed by atoms with Crippen LogP contribution in [0.15, 0.2) is 22.7 Å². The van der Waals surface area contributed by atoms with E-state index in [2.05, 4.69) is 34.7 Å². The molecule has 0 aromatic heterocycles. The summed E-state index contributed by atoms with van der Waals surface area (Å²) < 4.78 is 6.72. The van der Waals surface area contributed by atoms with Crippen LogP contribution in [-0.2, 0) is 0 Å². The van der Waals surface area contributed by atoms with E-state index in [0.717, 1.165) is 35.4 Å². The summed E-state index contributed by atoms with van der Waals surface area (Å²) in [4.78, 5) is 2.31. The van der Waals surface area contributed by atoms with E-state index in [1.54, 1.807) is 6.92 Å². The summed E-state index contributed by atoms with van der Waals surface area (Å²) in [6.07, 6.45) is -0.522. The number of nitrogens with zero attached hydrogens (tertiary/aromatic N) is 1. The van der Waals surface area contributed by atoms with Gasteiger partial charge >= 0.3 is 0 Å². The Bertz CT molecular complexity index is 365. The van der Waals surface area contributed by atoms with Gasteiger partial charge in [0.25, 0.3) is 0 Å². The third-order valence-electron chi connectivity index (χ3n) is 2.98. The normalized spacial score (nSPS) is 12.8. The zero-order valence-electron chi connectivity index (χ0n) is 11.3. The molecule has 0 saturated heterocycles. The number of benzene rings is 1. The summed E-state index contributed by atoms with van der Waals surface area (Å²) in [7, 11) is 0. The van der Waals surface area contributed by atoms with Gasteiger partial charge in [-0.05, 0) is 38.2 Å². The van der Waals surface area contributed by atoms with Crippen molar-refractivity contribution in [3.05, 3.63) is 28.2 Å². The molecule has 18 heavy (non-hydrogen) atoms. The highest BCUT2D eigenvalue weighted by Gasteiger charge is 2.10. The predicted octanol–water partition coefficient (Wildman–Crippen LogP) is 3.22. The van der Waals surface area contributed by atoms with Crippen molar-refractivity contribution in [1.29, 1.82) is 0 Å². The maximum absolute atomic E-state index is 9.72. The first-order valence-corrected chi connectivity index (χ1v) is 7.20. The molecule has 0 aliphatic carbocycles. The van der Waals surface area contributed by atoms with Gasteiger partial charge in [0.1, 0.15) is 12.4 Å². The van der Waals surface area contributed by atoms with E-state index < -0.39 is 6.10 Å². The lowest BCUT2D eigenvalue weighted by Gasteiger charge is -2.19. The van der Waals surface area contributed by atoms with Gasteiger partial charge in [-0.25, -0.2) is 0 Å². The molecular formula is C14H22BrNO2. The average molecular weight is 316 g/mol. The molecule has 102 valence electrons. The predicted molar refractivity (Wildman–Crippen MR) is 78.1 cm³/mol. The van der Waals surface area contributed by atoms with Gasteiger partial charge in [-0.3, -0.25) is 0 Å². The molecule has 0 saturated carbocycles. The smallest absolute Gasteiger partial charge is 0.125 e. The summed E-state index contributed by atoms with van der Waals surface area (Å²) in [5.41, 5.74) is 0.823. The van der Waals surface area contributed by atoms with Gasteiger partial charge in [0.2, 0.25) is 0 Å². The van der Waals surface area contributed by atoms with Crippen molar-refractivity contribution in [2.24, 2.45) is 0 Å². The molecule has 0 unspecified atom stereocenters. The topological polar surface area (TPSA) is 32.7 Å². The number of hydrogen-bond donors (Lipinski definition) is 1. The number of likely N-dealkylation sites (N-methyl/N-ethyl adjacent to an activating group) is 1. The minimum absolute atomic E-state index is 0.522. The fourth-order valence-electron chi connectivity index (χ4n) is 1.80. The molecule has 4 heteroatoms. The summed E-state index contributed by atoms with van der Waals surface area (Å²) in [6.45, 7) is 9.64. The molecule has 0 fully saturated rings. The molecule has 1 aromatic carbocycles. The maximum Gasteiger partial charge on any atom is 0.125 e. The highest BCUT2D eigenvalue weighted by molar-refractivity contribution is 9.10. The second-order valence-electron chi connectivity index (χ2n) is 4.23. The number of hydrogen-bond acceptors (Lipinski definition) is 3. The molecule has 3 nitrogen and oxygen atoms in total. The molecule has 0 aliphatic rings. The molecule has 0 heterocycles. The van der Waals surface area contributed by atoms with Gasteiger partial charge in [-0.1, -0.05) is 29.8 Å². The van der Waals surface area contributed by atoms with E-state index in [1.165, 1.54) is 0 Å². The number of rotatable bonds is 7. The highest BCUT2D eigenvalue weighted by atomic mass is 79.9. The van der Waals surface area contributed by atoms with Crippen LogP contribution in [0.1, 0.15) is 32.4 Å². The lowest BCUT2D eigenvalue weighted by molar-refractivity contribution is 0.184. The molecule has 0 radical (unpaired) electrons. The fraction of sp³-hybridized carbons (Fsp3) is 0.571. The third-order valence-corrected chi connectivity index (χ3v) is 3.47. The Morgan fingerprint density at radius 1 is 1.33 bits per heavy atom. The quantitative estimate of drug-likeness (QED) is 0.838. The number of ether oxygens (including phenoxy) is 1. The first-order chi connectivity index (χ1) is 8.58. The van der Waals surface area contributed by atoms with Gasteiger partial charge < -0.3 is 14.7 Å². The average Bonchev–Trinajstić information content (AvgIpc) is 2.36. The van der Waals surface area contributed by atoms with Gasteiger partial charge in [-0.15, -0.1) is 0 Å². The lowest BCUT2D eigenvalue weighted by Crippen LogP contribution is -2.28. The van der Waals surface area contributed by atoms with Crippen molar-refractivity contribution in [1.82, 2.24) is 4.90 Å². The Balaban J connectivity index is 2.61. The summed E-state index contributed by atoms with van der Waals surface area (Å²) in [6, 6.07) is 5.73. The van der Waals surface area contributed by atoms with Crippen LogP contribution in [0.4, 0.5) is 0 Å². The second kappa shape index (κ2) is 7.77. The second-order valence-corrected chi connectivity index (χ2v) is 5.15. The molecule has 0 bridgehead atoms. The molecule has 0 aliphatic heterocycles. The Labute approximate surface area is 118 Å². The summed E-state index contributed by atoms with van der Waals surface area (Å²) in [5, 5.41) is 9.72. The fourth-order valence-corrected chi connectivity index (χ4v) is 2.18. The Hall–Kier alpha value is -0.580. The zero-order valence-corrected chi connectivity index (χ0v) is 12.9. The molecule has 0 spiro atoms. The van der Waals surface area contributed by atoms with Crippen LogP contribution in [0.2, 0.25) is 0 Å². The zero-order chi connectivity index (χ0) is 13.5. The number of halogens is 1. The molecule has 1 N–H and O–H groups in total. The van der Waals surface area contributed by atoms with E-state index in [0.29, 0.717) is 6.61 Å². The van der Waals surface area contributed by atoms with E-state index in [-0.39, 0.29) is 0 Å². The van der Waals surface area contributed by atoms with Crippen molar-refractivity contribution in [2.75, 3.05) is 26.2 Å². The van der Waals surface area contributed by atoms with Gasteiger partial charge in [-0.2, -0.15) is 0 Å². The van der Waals surface area contributed by atoms with Crippen molar-refractivity contribution in [2.45, 2.75) is 26.9 Å². The van der Waals surface area contributed by atoms with Crippen LogP contribution < -0.4 is 4.74 Å². The van der Waals surface area contributed by atoms with E-state index in [4.69, 9.17) is 4.74 Å². The van der Waals surface area contributed by atoms with Crippen molar-refractivity contribution >= 4 is 15.9 Å². The monoisotopic (exact) mass is 315 g/mol. The third kappa shape index (κ3) is 4.59. The SMILES string of the molecule is CCN(CC)CCOc1ccc(Br)cc1[C@@H](C)O. The summed E-state index contributed by atoms with van der Waals surface area (Å²) in [5.74, 6) is 0.764. The van der Waals surface area contributed by atoms with E-state index in [9.17, 15) is 5.11 Å². The lowest BCUT2D eigenvalue weighted by atomic mass is 10.1. The van der Waals surface area contributed by atoms with Gasteiger partial charge in [0.05, 0.1) is 6.10 Å². The Morgan fingerprint density at radius 2 is 2.00 bits per heavy atom. The maximum atomic E-state index is 9.72. The van der Waals surface area contributed by atoms with Crippen molar-refractivity contribution in [3.8, 4) is 5.75 Å². The number of aliphatic hydroxyl groups excluding tert-OH is 1. The van der Waals surface area contributed by atoms with Crippen molar-refractivity contribution < 1.29 is 9.84 Å². The molecule has 1 rings (SSSR count). The van der Waals surface area contributed by atoms with Gasteiger partial charge in [0, 0.05) is 16.6 Å². The first-order valence-electron chi connectivity index (χ1n) is 6.41. The number of aliphatic hydroxyl groups is 1. The minimum atomic E-state index is -0.522. The highest BCUT2D eigenvalue weighted by Crippen LogP contribution is 2.28. The van der Waals surface area contributed by atoms with Crippen LogP contribution in [0.5, 0.6) is 5.75 Å². The van der Waals surface area contributed by atoms with Crippen LogP contribution >= 0.6 is 15.9 Å². The first kappa shape index (κ1) is 15.5. The van der Waals surface area contributed by atoms with Gasteiger partial charge in [0.15, 0.2) is 0 Å². The minimum Gasteiger partial charge on any atom is -0.492 e. The van der Waals surface area contributed by atoms with E-state index in [1.807, 2.05) is 18.2 Å². The van der Waals surface area contributed by atoms with Crippen LogP contribution in [-0.4, -0.2) is 36.2 Å². The standard InChI is InChI=1S/C14H22BrNO2/c1-4-16(5-2)8-9-18-14-7-6-12(15)10-13(14)11(3)17/h6-7,10-11,17H,4-5,8-9H2,1-3H3/t11-/m1/s1. The summed E-state index contributed by atoms with van der Waals surface area (Å²) >= 11 is 3.40. The van der Waals surface area contributed by atoms with Crippen molar-refractivity contribution in [3.63, 3.8) is 0 Å². The Kier molecular flexibility index (Phi) is 6.68. The van der Waals surface area contributed by atoms with Crippen LogP contribution in [0.25, 0.3) is 0 Å². The molecule has 1 atom stereocenters. The van der Waals surface area contributed by atoms with E-state index >= 15 is 0 Å². The largest absolute Gasteiger partial charge is 0.492 e. The van der Waals surface area contributed by atoms with Crippen LogP contribution in [0, 0.1) is 0 Å². The molecule has 0 amide bonds. The Morgan fingerprint density at radius 3 is 2.56 bits per heavy atom. The van der Waals surface area contributed by atoms with Crippen LogP contribution in [0.3, 0.4) is 0 Å². The molecule has 1 aromatic rings.